The minimum atomic E-state index is 0.932. The van der Waals surface area contributed by atoms with Crippen molar-refractivity contribution in [2.75, 3.05) is 0 Å². The van der Waals surface area contributed by atoms with Crippen molar-refractivity contribution in [3.05, 3.63) is 64.9 Å². The van der Waals surface area contributed by atoms with Gasteiger partial charge in [-0.3, -0.25) is 0 Å². The number of fused-ring (bicyclic) bond motifs is 7. The molecule has 0 N–H and O–H groups in total. The van der Waals surface area contributed by atoms with Gasteiger partial charge in [0, 0.05) is 21.9 Å². The van der Waals surface area contributed by atoms with Crippen LogP contribution in [0.1, 0.15) is 5.69 Å². The lowest BCUT2D eigenvalue weighted by atomic mass is 10.0. The number of nitrogens with zero attached hydrogens (tertiary/aromatic N) is 3. The molecule has 2 aromatic carbocycles. The highest BCUT2D eigenvalue weighted by molar-refractivity contribution is 5.86. The molecule has 0 fully saturated rings. The zero-order chi connectivity index (χ0) is 13.1. The third-order valence-corrected chi connectivity index (χ3v) is 3.96. The molecule has 0 unspecified atom stereocenters. The van der Waals surface area contributed by atoms with Crippen LogP contribution in [0, 0.1) is 0 Å². The van der Waals surface area contributed by atoms with Crippen LogP contribution in [-0.2, 0) is 0 Å². The fourth-order valence-corrected chi connectivity index (χ4v) is 3.06. The first-order valence-electron chi connectivity index (χ1n) is 6.57. The molecule has 0 amide bonds. The van der Waals surface area contributed by atoms with Crippen molar-refractivity contribution in [2.45, 2.75) is 0 Å². The molecule has 5 rings (SSSR count). The predicted octanol–water partition coefficient (Wildman–Crippen LogP) is 2.22. The lowest BCUT2D eigenvalue weighted by Gasteiger charge is -2.01. The van der Waals surface area contributed by atoms with Crippen LogP contribution in [0.15, 0.2) is 53.7 Å². The Morgan fingerprint density at radius 3 is 2.65 bits per heavy atom. The quantitative estimate of drug-likeness (QED) is 0.425. The van der Waals surface area contributed by atoms with Crippen LogP contribution < -0.4 is 10.6 Å². The smallest absolute Gasteiger partial charge is 0.0942 e. The van der Waals surface area contributed by atoms with Crippen molar-refractivity contribution in [2.24, 2.45) is 4.99 Å². The lowest BCUT2D eigenvalue weighted by Crippen LogP contribution is -2.25. The van der Waals surface area contributed by atoms with Gasteiger partial charge in [0.05, 0.1) is 22.9 Å². The summed E-state index contributed by atoms with van der Waals surface area (Å²) in [5.41, 5.74) is 6.74. The molecule has 3 heteroatoms. The van der Waals surface area contributed by atoms with Gasteiger partial charge >= 0.3 is 0 Å². The summed E-state index contributed by atoms with van der Waals surface area (Å²) in [7, 11) is 0. The lowest BCUT2D eigenvalue weighted by molar-refractivity contribution is 1.02. The molecule has 1 aliphatic carbocycles. The van der Waals surface area contributed by atoms with Crippen LogP contribution >= 0.6 is 0 Å². The summed E-state index contributed by atoms with van der Waals surface area (Å²) in [6.07, 6.45) is 3.83. The van der Waals surface area contributed by atoms with Crippen molar-refractivity contribution in [1.29, 1.82) is 0 Å². The van der Waals surface area contributed by atoms with Gasteiger partial charge in [-0.15, -0.1) is 0 Å². The molecule has 92 valence electrons. The van der Waals surface area contributed by atoms with Crippen LogP contribution in [-0.4, -0.2) is 10.2 Å². The minimum Gasteiger partial charge on any atom is -0.247 e. The maximum Gasteiger partial charge on any atom is 0.0942 e. The van der Waals surface area contributed by atoms with Crippen LogP contribution in [0.2, 0.25) is 0 Å². The van der Waals surface area contributed by atoms with Gasteiger partial charge in [0.1, 0.15) is 0 Å². The van der Waals surface area contributed by atoms with Crippen molar-refractivity contribution >= 4 is 11.8 Å². The van der Waals surface area contributed by atoms with Crippen LogP contribution in [0.4, 0.5) is 5.69 Å². The molecule has 0 spiro atoms. The fraction of sp³-hybridized carbons (Fsp3) is 0. The van der Waals surface area contributed by atoms with Crippen LogP contribution in [0.25, 0.3) is 28.3 Å². The van der Waals surface area contributed by atoms with Crippen molar-refractivity contribution in [1.82, 2.24) is 10.2 Å². The van der Waals surface area contributed by atoms with Gasteiger partial charge in [0.15, 0.2) is 0 Å². The van der Waals surface area contributed by atoms with Gasteiger partial charge in [-0.05, 0) is 23.8 Å². The molecule has 3 nitrogen and oxygen atoms in total. The van der Waals surface area contributed by atoms with E-state index in [2.05, 4.69) is 46.6 Å². The van der Waals surface area contributed by atoms with Gasteiger partial charge in [0.25, 0.3) is 0 Å². The predicted molar refractivity (Wildman–Crippen MR) is 76.9 cm³/mol. The molecular weight excluding hydrogens is 246 g/mol. The molecule has 1 aromatic heterocycles. The highest BCUT2D eigenvalue weighted by Gasteiger charge is 2.20. The van der Waals surface area contributed by atoms with Crippen LogP contribution in [0.5, 0.6) is 0 Å². The third-order valence-electron chi connectivity index (χ3n) is 3.96. The summed E-state index contributed by atoms with van der Waals surface area (Å²) in [6, 6.07) is 14.6. The Labute approximate surface area is 115 Å². The van der Waals surface area contributed by atoms with E-state index in [-0.39, 0.29) is 0 Å². The topological polar surface area (TPSA) is 38.1 Å². The average Bonchev–Trinajstić information content (AvgIpc) is 3.05. The average molecular weight is 255 g/mol. The van der Waals surface area contributed by atoms with E-state index < -0.39 is 0 Å². The molecule has 0 radical (unpaired) electrons. The van der Waals surface area contributed by atoms with Gasteiger partial charge in [0.2, 0.25) is 0 Å². The van der Waals surface area contributed by atoms with Gasteiger partial charge in [-0.25, -0.2) is 4.99 Å². The second-order valence-corrected chi connectivity index (χ2v) is 5.03. The first-order valence-corrected chi connectivity index (χ1v) is 6.57. The Morgan fingerprint density at radius 1 is 0.750 bits per heavy atom. The zero-order valence-corrected chi connectivity index (χ0v) is 10.5. The Balaban J connectivity index is 1.93. The second-order valence-electron chi connectivity index (χ2n) is 5.03. The summed E-state index contributed by atoms with van der Waals surface area (Å²) < 4.78 is 0. The van der Waals surface area contributed by atoms with Crippen LogP contribution in [0.3, 0.4) is 0 Å². The molecule has 0 saturated carbocycles. The van der Waals surface area contributed by atoms with E-state index in [1.165, 1.54) is 16.7 Å². The molecule has 0 atom stereocenters. The van der Waals surface area contributed by atoms with Gasteiger partial charge in [-0.2, -0.15) is 10.2 Å². The number of benzene rings is 2. The largest absolute Gasteiger partial charge is 0.247 e. The Bertz CT molecular complexity index is 920. The summed E-state index contributed by atoms with van der Waals surface area (Å²) >= 11 is 0. The molecule has 2 aliphatic rings. The number of rotatable bonds is 0. The highest BCUT2D eigenvalue weighted by Crippen LogP contribution is 2.33. The molecule has 3 aromatic rings. The maximum atomic E-state index is 4.79. The Kier molecular flexibility index (Phi) is 1.70. The first kappa shape index (κ1) is 10.0. The molecule has 1 aliphatic heterocycles. The summed E-state index contributed by atoms with van der Waals surface area (Å²) in [5.74, 6) is 0. The summed E-state index contributed by atoms with van der Waals surface area (Å²) in [6.45, 7) is 0. The van der Waals surface area contributed by atoms with Gasteiger partial charge in [-0.1, -0.05) is 30.3 Å². The van der Waals surface area contributed by atoms with E-state index in [4.69, 9.17) is 4.99 Å². The Morgan fingerprint density at radius 2 is 1.65 bits per heavy atom. The summed E-state index contributed by atoms with van der Waals surface area (Å²) in [4.78, 5) is 4.79. The molecule has 2 heterocycles. The van der Waals surface area contributed by atoms with Crippen molar-refractivity contribution in [3.63, 3.8) is 0 Å². The van der Waals surface area contributed by atoms with Crippen molar-refractivity contribution < 1.29 is 0 Å². The molecule has 0 bridgehead atoms. The highest BCUT2D eigenvalue weighted by atomic mass is 15.1. The van der Waals surface area contributed by atoms with E-state index in [0.717, 1.165) is 27.5 Å². The van der Waals surface area contributed by atoms with E-state index in [1.807, 2.05) is 12.1 Å². The molecule has 20 heavy (non-hydrogen) atoms. The zero-order valence-electron chi connectivity index (χ0n) is 10.5. The first-order chi connectivity index (χ1) is 9.92. The van der Waals surface area contributed by atoms with E-state index in [1.54, 1.807) is 6.20 Å². The Hall–Kier alpha value is -2.81. The molecular formula is C17H9N3. The monoisotopic (exact) mass is 255 g/mol. The maximum absolute atomic E-state index is 4.79. The number of hydrogen-bond donors (Lipinski definition) is 0. The fourth-order valence-electron chi connectivity index (χ4n) is 3.06. The van der Waals surface area contributed by atoms with E-state index >= 15 is 0 Å². The number of hydrogen-bond acceptors (Lipinski definition) is 3. The number of para-hydroxylation sites is 1. The van der Waals surface area contributed by atoms with E-state index in [9.17, 15) is 0 Å². The van der Waals surface area contributed by atoms with Gasteiger partial charge < -0.3 is 0 Å². The summed E-state index contributed by atoms with van der Waals surface area (Å²) in [5, 5.41) is 10.4. The normalized spacial score (nSPS) is 12.8. The minimum absolute atomic E-state index is 0.932. The number of aromatic nitrogens is 2. The van der Waals surface area contributed by atoms with E-state index in [0.29, 0.717) is 0 Å². The van der Waals surface area contributed by atoms with Crippen molar-refractivity contribution in [3.8, 4) is 22.3 Å². The SMILES string of the molecule is C1=c2c(ccc3c2=Nc2ccccc2-3)-c2ccnnc21. The third kappa shape index (κ3) is 1.12. The molecule has 0 saturated heterocycles. The standard InChI is InChI=1S/C17H9N3/c1-2-4-15-11(3-1)13-6-5-10-12-7-8-18-20-16(12)9-14(10)17(13)19-15/h1-9H. The second kappa shape index (κ2) is 3.39.